The first-order chi connectivity index (χ1) is 15.4. The normalized spacial score (nSPS) is 28.3. The zero-order valence-electron chi connectivity index (χ0n) is 18.4. The molecule has 0 atom stereocenters. The van der Waals surface area contributed by atoms with E-state index in [2.05, 4.69) is 5.32 Å². The highest BCUT2D eigenvalue weighted by molar-refractivity contribution is 7.92. The number of carbonyl (C=O) groups is 1. The van der Waals surface area contributed by atoms with Crippen molar-refractivity contribution in [1.29, 1.82) is 0 Å². The first kappa shape index (κ1) is 21.3. The summed E-state index contributed by atoms with van der Waals surface area (Å²) in [5, 5.41) is 3.30. The van der Waals surface area contributed by atoms with Crippen LogP contribution in [0.2, 0.25) is 0 Å². The molecule has 4 saturated carbocycles. The number of carbonyl (C=O) groups excluding carboxylic acids is 1. The molecule has 6 rings (SSSR count). The molecule has 1 amide bonds. The fourth-order valence-corrected chi connectivity index (χ4v) is 7.96. The summed E-state index contributed by atoms with van der Waals surface area (Å²) < 4.78 is 33.6. The van der Waals surface area contributed by atoms with Crippen LogP contribution in [0.1, 0.15) is 38.5 Å². The van der Waals surface area contributed by atoms with Gasteiger partial charge in [0.25, 0.3) is 10.0 Å². The number of benzene rings is 2. The maximum Gasteiger partial charge on any atom is 0.264 e. The molecule has 0 radical (unpaired) electrons. The zero-order valence-corrected chi connectivity index (χ0v) is 19.2. The van der Waals surface area contributed by atoms with E-state index in [4.69, 9.17) is 4.74 Å². The third kappa shape index (κ3) is 3.98. The average molecular weight is 455 g/mol. The van der Waals surface area contributed by atoms with E-state index in [1.54, 1.807) is 54.6 Å². The maximum absolute atomic E-state index is 13.5. The van der Waals surface area contributed by atoms with Crippen molar-refractivity contribution >= 4 is 21.6 Å². The Morgan fingerprint density at radius 2 is 1.62 bits per heavy atom. The summed E-state index contributed by atoms with van der Waals surface area (Å²) in [5.41, 5.74) is 0.247. The number of hydrogen-bond acceptors (Lipinski definition) is 4. The molecular weight excluding hydrogens is 424 g/mol. The summed E-state index contributed by atoms with van der Waals surface area (Å²) in [6.45, 7) is -0.258. The standard InChI is InChI=1S/C25H30N2O4S/c1-31-22-7-5-6-21(13-22)27(32(29,30)23-8-3-2-4-9-23)17-24(28)26-25-14-18-10-19(15-25)12-20(11-18)16-25/h2-9,13,18-20H,10-12,14-17H2,1H3,(H,26,28). The van der Waals surface area contributed by atoms with Gasteiger partial charge in [-0.05, 0) is 80.5 Å². The highest BCUT2D eigenvalue weighted by Gasteiger charge is 2.51. The predicted octanol–water partition coefficient (Wildman–Crippen LogP) is 3.98. The second-order valence-electron chi connectivity index (χ2n) is 9.77. The molecule has 2 aromatic carbocycles. The molecular formula is C25H30N2O4S. The number of hydrogen-bond donors (Lipinski definition) is 1. The van der Waals surface area contributed by atoms with Gasteiger partial charge in [0.1, 0.15) is 12.3 Å². The molecule has 2 aromatic rings. The molecule has 0 heterocycles. The molecule has 7 heteroatoms. The van der Waals surface area contributed by atoms with Crippen LogP contribution in [0.4, 0.5) is 5.69 Å². The van der Waals surface area contributed by atoms with E-state index < -0.39 is 10.0 Å². The van der Waals surface area contributed by atoms with Crippen molar-refractivity contribution in [3.8, 4) is 5.75 Å². The summed E-state index contributed by atoms with van der Waals surface area (Å²) in [7, 11) is -2.39. The van der Waals surface area contributed by atoms with E-state index in [1.807, 2.05) is 0 Å². The Bertz CT molecular complexity index is 1060. The fraction of sp³-hybridized carbons (Fsp3) is 0.480. The Labute approximate surface area is 190 Å². The van der Waals surface area contributed by atoms with Crippen LogP contribution in [0.3, 0.4) is 0 Å². The van der Waals surface area contributed by atoms with Gasteiger partial charge in [-0.25, -0.2) is 8.42 Å². The Hall–Kier alpha value is -2.54. The third-order valence-corrected chi connectivity index (χ3v) is 9.19. The molecule has 4 fully saturated rings. The summed E-state index contributed by atoms with van der Waals surface area (Å²) in [6, 6.07) is 15.1. The number of nitrogens with one attached hydrogen (secondary N) is 1. The van der Waals surface area contributed by atoms with Gasteiger partial charge in [-0.2, -0.15) is 0 Å². The SMILES string of the molecule is COc1cccc(N(CC(=O)NC23CC4CC(CC(C4)C2)C3)S(=O)(=O)c2ccccc2)c1. The summed E-state index contributed by atoms with van der Waals surface area (Å²) in [5.74, 6) is 2.39. The van der Waals surface area contributed by atoms with E-state index in [0.717, 1.165) is 19.3 Å². The first-order valence-electron chi connectivity index (χ1n) is 11.4. The first-order valence-corrected chi connectivity index (χ1v) is 12.8. The van der Waals surface area contributed by atoms with Gasteiger partial charge in [-0.15, -0.1) is 0 Å². The molecule has 6 nitrogen and oxygen atoms in total. The summed E-state index contributed by atoms with van der Waals surface area (Å²) >= 11 is 0. The van der Waals surface area contributed by atoms with Crippen molar-refractivity contribution in [2.45, 2.75) is 49.0 Å². The highest BCUT2D eigenvalue weighted by Crippen LogP contribution is 2.55. The number of anilines is 1. The second-order valence-corrected chi connectivity index (χ2v) is 11.6. The number of rotatable bonds is 7. The number of amides is 1. The Morgan fingerprint density at radius 3 is 2.22 bits per heavy atom. The molecule has 0 spiro atoms. The van der Waals surface area contributed by atoms with Crippen LogP contribution < -0.4 is 14.4 Å². The van der Waals surface area contributed by atoms with E-state index >= 15 is 0 Å². The van der Waals surface area contributed by atoms with Gasteiger partial charge < -0.3 is 10.1 Å². The molecule has 0 saturated heterocycles. The number of nitrogens with zero attached hydrogens (tertiary/aromatic N) is 1. The lowest BCUT2D eigenvalue weighted by atomic mass is 9.53. The van der Waals surface area contributed by atoms with E-state index in [9.17, 15) is 13.2 Å². The van der Waals surface area contributed by atoms with Crippen molar-refractivity contribution in [2.24, 2.45) is 17.8 Å². The van der Waals surface area contributed by atoms with Crippen molar-refractivity contribution < 1.29 is 17.9 Å². The average Bonchev–Trinajstić information content (AvgIpc) is 2.77. The quantitative estimate of drug-likeness (QED) is 0.687. The molecule has 170 valence electrons. The lowest BCUT2D eigenvalue weighted by Gasteiger charge is -2.57. The molecule has 0 aromatic heterocycles. The zero-order chi connectivity index (χ0) is 22.3. The summed E-state index contributed by atoms with van der Waals surface area (Å²) in [6.07, 6.45) is 6.92. The lowest BCUT2D eigenvalue weighted by Crippen LogP contribution is -2.61. The van der Waals surface area contributed by atoms with E-state index in [0.29, 0.717) is 29.2 Å². The topological polar surface area (TPSA) is 75.7 Å². The molecule has 1 N–H and O–H groups in total. The van der Waals surface area contributed by atoms with Crippen LogP contribution in [-0.4, -0.2) is 33.5 Å². The van der Waals surface area contributed by atoms with Crippen LogP contribution in [0.25, 0.3) is 0 Å². The minimum absolute atomic E-state index is 0.158. The number of sulfonamides is 1. The largest absolute Gasteiger partial charge is 0.497 e. The molecule has 4 aliphatic carbocycles. The smallest absolute Gasteiger partial charge is 0.264 e. The van der Waals surface area contributed by atoms with Gasteiger partial charge in [0, 0.05) is 11.6 Å². The lowest BCUT2D eigenvalue weighted by molar-refractivity contribution is -0.125. The van der Waals surface area contributed by atoms with Crippen LogP contribution in [0.5, 0.6) is 5.75 Å². The number of methoxy groups -OCH3 is 1. The van der Waals surface area contributed by atoms with Gasteiger partial charge in [0.15, 0.2) is 0 Å². The van der Waals surface area contributed by atoms with Crippen molar-refractivity contribution in [1.82, 2.24) is 5.32 Å². The van der Waals surface area contributed by atoms with Gasteiger partial charge in [-0.3, -0.25) is 9.10 Å². The molecule has 0 aliphatic heterocycles. The van der Waals surface area contributed by atoms with Crippen molar-refractivity contribution in [3.05, 3.63) is 54.6 Å². The molecule has 4 aliphatic rings. The van der Waals surface area contributed by atoms with Crippen LogP contribution in [0.15, 0.2) is 59.5 Å². The predicted molar refractivity (Wildman–Crippen MR) is 123 cm³/mol. The van der Waals surface area contributed by atoms with Gasteiger partial charge in [0.05, 0.1) is 17.7 Å². The minimum atomic E-state index is -3.92. The maximum atomic E-state index is 13.5. The highest BCUT2D eigenvalue weighted by atomic mass is 32.2. The van der Waals surface area contributed by atoms with Crippen molar-refractivity contribution in [3.63, 3.8) is 0 Å². The second kappa shape index (κ2) is 8.10. The number of ether oxygens (including phenoxy) is 1. The Morgan fingerprint density at radius 1 is 1.00 bits per heavy atom. The molecule has 4 bridgehead atoms. The Kier molecular flexibility index (Phi) is 5.40. The molecule has 0 unspecified atom stereocenters. The van der Waals surface area contributed by atoms with Crippen LogP contribution >= 0.6 is 0 Å². The van der Waals surface area contributed by atoms with Crippen LogP contribution in [-0.2, 0) is 14.8 Å². The van der Waals surface area contributed by atoms with Gasteiger partial charge in [0.2, 0.25) is 5.91 Å². The Balaban J connectivity index is 1.42. The van der Waals surface area contributed by atoms with Crippen molar-refractivity contribution in [2.75, 3.05) is 18.0 Å². The fourth-order valence-electron chi connectivity index (χ4n) is 6.53. The molecule has 32 heavy (non-hydrogen) atoms. The monoisotopic (exact) mass is 454 g/mol. The third-order valence-electron chi connectivity index (χ3n) is 7.40. The van der Waals surface area contributed by atoms with E-state index in [1.165, 1.54) is 30.7 Å². The minimum Gasteiger partial charge on any atom is -0.497 e. The van der Waals surface area contributed by atoms with E-state index in [-0.39, 0.29) is 22.9 Å². The summed E-state index contributed by atoms with van der Waals surface area (Å²) in [4.78, 5) is 13.5. The van der Waals surface area contributed by atoms with Gasteiger partial charge >= 0.3 is 0 Å². The van der Waals surface area contributed by atoms with Crippen LogP contribution in [0, 0.1) is 17.8 Å². The van der Waals surface area contributed by atoms with Gasteiger partial charge in [-0.1, -0.05) is 24.3 Å².